The summed E-state index contributed by atoms with van der Waals surface area (Å²) in [6.07, 6.45) is 3.55. The number of β-amino-alcohol motifs (C(OH)–C–C–N with tert-alkyl or cyclic N) is 1. The van der Waals surface area contributed by atoms with E-state index in [4.69, 9.17) is 4.74 Å². The molecule has 2 heterocycles. The molecule has 1 saturated carbocycles. The van der Waals surface area contributed by atoms with Gasteiger partial charge in [-0.1, -0.05) is 18.2 Å². The molecule has 1 aromatic carbocycles. The van der Waals surface area contributed by atoms with Crippen molar-refractivity contribution in [1.82, 2.24) is 4.90 Å². The summed E-state index contributed by atoms with van der Waals surface area (Å²) in [7, 11) is 0. The molecular weight excluding hydrogens is 238 g/mol. The molecule has 2 aliphatic heterocycles. The van der Waals surface area contributed by atoms with Crippen molar-refractivity contribution in [1.29, 1.82) is 0 Å². The first-order chi connectivity index (χ1) is 9.24. The average Bonchev–Trinajstić information content (AvgIpc) is 3.22. The van der Waals surface area contributed by atoms with Crippen LogP contribution in [0, 0.1) is 5.92 Å². The molecule has 1 aromatic rings. The minimum atomic E-state index is -0.356. The average molecular weight is 259 g/mol. The van der Waals surface area contributed by atoms with Gasteiger partial charge in [0.15, 0.2) is 0 Å². The third-order valence-electron chi connectivity index (χ3n) is 4.89. The molecule has 3 heteroatoms. The van der Waals surface area contributed by atoms with Crippen LogP contribution in [-0.2, 0) is 0 Å². The Kier molecular flexibility index (Phi) is 2.61. The number of aliphatic hydroxyl groups is 1. The number of likely N-dealkylation sites (tertiary alicyclic amines) is 1. The van der Waals surface area contributed by atoms with Gasteiger partial charge in [0, 0.05) is 25.6 Å². The lowest BCUT2D eigenvalue weighted by atomic mass is 9.85. The van der Waals surface area contributed by atoms with Crippen LogP contribution in [-0.4, -0.2) is 41.8 Å². The maximum absolute atomic E-state index is 10.4. The van der Waals surface area contributed by atoms with Crippen LogP contribution in [0.1, 0.15) is 30.7 Å². The molecule has 1 unspecified atom stereocenters. The van der Waals surface area contributed by atoms with Crippen LogP contribution >= 0.6 is 0 Å². The van der Waals surface area contributed by atoms with Crippen molar-refractivity contribution in [2.24, 2.45) is 5.92 Å². The van der Waals surface area contributed by atoms with E-state index in [1.54, 1.807) is 0 Å². The summed E-state index contributed by atoms with van der Waals surface area (Å²) in [4.78, 5) is 2.41. The van der Waals surface area contributed by atoms with Gasteiger partial charge < -0.3 is 9.84 Å². The molecule has 1 atom stereocenters. The predicted octanol–water partition coefficient (Wildman–Crippen LogP) is 2.01. The first kappa shape index (κ1) is 11.7. The number of hydrogen-bond acceptors (Lipinski definition) is 3. The van der Waals surface area contributed by atoms with Crippen molar-refractivity contribution in [3.8, 4) is 5.75 Å². The SMILES string of the molecule is OC1(C2CC2)CN(CC2CCOc3ccccc32)C1. The van der Waals surface area contributed by atoms with Crippen LogP contribution < -0.4 is 4.74 Å². The lowest BCUT2D eigenvalue weighted by Crippen LogP contribution is -2.63. The van der Waals surface area contributed by atoms with Crippen molar-refractivity contribution >= 4 is 0 Å². The van der Waals surface area contributed by atoms with E-state index in [9.17, 15) is 5.11 Å². The van der Waals surface area contributed by atoms with Gasteiger partial charge in [-0.2, -0.15) is 0 Å². The number of rotatable bonds is 3. The quantitative estimate of drug-likeness (QED) is 0.901. The Bertz CT molecular complexity index is 477. The first-order valence-corrected chi connectivity index (χ1v) is 7.41. The number of nitrogens with zero attached hydrogens (tertiary/aromatic N) is 1. The lowest BCUT2D eigenvalue weighted by Gasteiger charge is -2.48. The predicted molar refractivity (Wildman–Crippen MR) is 73.4 cm³/mol. The second-order valence-electron chi connectivity index (χ2n) is 6.42. The van der Waals surface area contributed by atoms with E-state index in [-0.39, 0.29) is 5.60 Å². The van der Waals surface area contributed by atoms with Crippen LogP contribution in [0.15, 0.2) is 24.3 Å². The summed E-state index contributed by atoms with van der Waals surface area (Å²) in [5.41, 5.74) is 0.987. The molecule has 2 fully saturated rings. The molecular formula is C16H21NO2. The highest BCUT2D eigenvalue weighted by Gasteiger charge is 2.51. The molecule has 3 nitrogen and oxygen atoms in total. The molecule has 0 radical (unpaired) electrons. The van der Waals surface area contributed by atoms with Crippen molar-refractivity contribution in [3.05, 3.63) is 29.8 Å². The number of para-hydroxylation sites is 1. The molecule has 4 rings (SSSR count). The fourth-order valence-electron chi connectivity index (χ4n) is 3.65. The third-order valence-corrected chi connectivity index (χ3v) is 4.89. The fourth-order valence-corrected chi connectivity index (χ4v) is 3.65. The highest BCUT2D eigenvalue weighted by molar-refractivity contribution is 5.38. The second-order valence-corrected chi connectivity index (χ2v) is 6.42. The Morgan fingerprint density at radius 2 is 2.00 bits per heavy atom. The third kappa shape index (κ3) is 2.05. The summed E-state index contributed by atoms with van der Waals surface area (Å²) in [5.74, 6) is 2.20. The standard InChI is InChI=1S/C16H21NO2/c18-16(13-5-6-13)10-17(11-16)9-12-7-8-19-15-4-2-1-3-14(12)15/h1-4,12-13,18H,5-11H2. The smallest absolute Gasteiger partial charge is 0.122 e. The maximum atomic E-state index is 10.4. The van der Waals surface area contributed by atoms with Crippen LogP contribution in [0.2, 0.25) is 0 Å². The van der Waals surface area contributed by atoms with E-state index in [0.717, 1.165) is 38.4 Å². The van der Waals surface area contributed by atoms with Gasteiger partial charge in [0.2, 0.25) is 0 Å². The van der Waals surface area contributed by atoms with Crippen LogP contribution in [0.5, 0.6) is 5.75 Å². The molecule has 102 valence electrons. The minimum Gasteiger partial charge on any atom is -0.493 e. The highest BCUT2D eigenvalue weighted by atomic mass is 16.5. The number of benzene rings is 1. The van der Waals surface area contributed by atoms with E-state index in [1.807, 2.05) is 6.07 Å². The summed E-state index contributed by atoms with van der Waals surface area (Å²) in [6.45, 7) is 3.63. The maximum Gasteiger partial charge on any atom is 0.122 e. The summed E-state index contributed by atoms with van der Waals surface area (Å²) in [6, 6.07) is 8.39. The fraction of sp³-hybridized carbons (Fsp3) is 0.625. The van der Waals surface area contributed by atoms with E-state index < -0.39 is 0 Å². The van der Waals surface area contributed by atoms with Gasteiger partial charge in [-0.15, -0.1) is 0 Å². The molecule has 0 aromatic heterocycles. The van der Waals surface area contributed by atoms with E-state index >= 15 is 0 Å². The zero-order valence-corrected chi connectivity index (χ0v) is 11.2. The van der Waals surface area contributed by atoms with Gasteiger partial charge in [-0.25, -0.2) is 0 Å². The highest BCUT2D eigenvalue weighted by Crippen LogP contribution is 2.45. The molecule has 0 bridgehead atoms. The van der Waals surface area contributed by atoms with Crippen LogP contribution in [0.25, 0.3) is 0 Å². The molecule has 1 aliphatic carbocycles. The van der Waals surface area contributed by atoms with Crippen LogP contribution in [0.3, 0.4) is 0 Å². The van der Waals surface area contributed by atoms with Crippen molar-refractivity contribution in [2.45, 2.75) is 30.8 Å². The van der Waals surface area contributed by atoms with Gasteiger partial charge in [0.25, 0.3) is 0 Å². The Hall–Kier alpha value is -1.06. The molecule has 0 spiro atoms. The van der Waals surface area contributed by atoms with Crippen LogP contribution in [0.4, 0.5) is 0 Å². The number of ether oxygens (including phenoxy) is 1. The monoisotopic (exact) mass is 259 g/mol. The Balaban J connectivity index is 1.42. The molecule has 3 aliphatic rings. The molecule has 1 N–H and O–H groups in total. The summed E-state index contributed by atoms with van der Waals surface area (Å²) >= 11 is 0. The van der Waals surface area contributed by atoms with E-state index in [0.29, 0.717) is 11.8 Å². The van der Waals surface area contributed by atoms with Gasteiger partial charge in [0.1, 0.15) is 5.75 Å². The van der Waals surface area contributed by atoms with Crippen molar-refractivity contribution < 1.29 is 9.84 Å². The number of fused-ring (bicyclic) bond motifs is 1. The summed E-state index contributed by atoms with van der Waals surface area (Å²) in [5, 5.41) is 10.4. The van der Waals surface area contributed by atoms with Crippen molar-refractivity contribution in [3.63, 3.8) is 0 Å². The molecule has 19 heavy (non-hydrogen) atoms. The zero-order valence-electron chi connectivity index (χ0n) is 11.2. The topological polar surface area (TPSA) is 32.7 Å². The van der Waals surface area contributed by atoms with Gasteiger partial charge in [-0.05, 0) is 36.8 Å². The lowest BCUT2D eigenvalue weighted by molar-refractivity contribution is -0.115. The summed E-state index contributed by atoms with van der Waals surface area (Å²) < 4.78 is 5.71. The first-order valence-electron chi connectivity index (χ1n) is 7.41. The molecule has 0 amide bonds. The van der Waals surface area contributed by atoms with E-state index in [1.165, 1.54) is 18.4 Å². The van der Waals surface area contributed by atoms with E-state index in [2.05, 4.69) is 23.1 Å². The molecule has 1 saturated heterocycles. The Labute approximate surface area is 114 Å². The Morgan fingerprint density at radius 3 is 2.79 bits per heavy atom. The normalized spacial score (nSPS) is 29.2. The Morgan fingerprint density at radius 1 is 1.21 bits per heavy atom. The van der Waals surface area contributed by atoms with Gasteiger partial charge >= 0.3 is 0 Å². The van der Waals surface area contributed by atoms with Crippen molar-refractivity contribution in [2.75, 3.05) is 26.2 Å². The minimum absolute atomic E-state index is 0.356. The van der Waals surface area contributed by atoms with Gasteiger partial charge in [-0.3, -0.25) is 4.90 Å². The number of hydrogen-bond donors (Lipinski definition) is 1. The van der Waals surface area contributed by atoms with Gasteiger partial charge in [0.05, 0.1) is 12.2 Å². The largest absolute Gasteiger partial charge is 0.493 e. The zero-order chi connectivity index (χ0) is 12.9. The second kappa shape index (κ2) is 4.22.